The van der Waals surface area contributed by atoms with Gasteiger partial charge in [0, 0.05) is 6.04 Å². The number of rotatable bonds is 5. The van der Waals surface area contributed by atoms with Crippen LogP contribution in [0.15, 0.2) is 30.8 Å². The molecule has 2 atom stereocenters. The summed E-state index contributed by atoms with van der Waals surface area (Å²) in [6.45, 7) is 5.44. The Morgan fingerprint density at radius 3 is 2.73 bits per heavy atom. The molecule has 1 aromatic rings. The monoisotopic (exact) mass is 303 g/mol. The van der Waals surface area contributed by atoms with Gasteiger partial charge in [-0.25, -0.2) is 4.79 Å². The van der Waals surface area contributed by atoms with E-state index in [2.05, 4.69) is 11.9 Å². The Balaban J connectivity index is 1.91. The molecule has 1 aliphatic rings. The Morgan fingerprint density at radius 2 is 2.05 bits per heavy atom. The van der Waals surface area contributed by atoms with Crippen LogP contribution < -0.4 is 5.32 Å². The fraction of sp³-hybridized carbons (Fsp3) is 0.500. The van der Waals surface area contributed by atoms with E-state index in [1.165, 1.54) is 6.42 Å². The molecule has 120 valence electrons. The molecule has 0 heterocycles. The van der Waals surface area contributed by atoms with Crippen molar-refractivity contribution in [3.05, 3.63) is 42.0 Å². The van der Waals surface area contributed by atoms with E-state index in [9.17, 15) is 9.90 Å². The molecule has 22 heavy (non-hydrogen) atoms. The van der Waals surface area contributed by atoms with E-state index in [0.29, 0.717) is 0 Å². The molecule has 0 aromatic heterocycles. The van der Waals surface area contributed by atoms with Crippen LogP contribution in [0.25, 0.3) is 6.08 Å². The number of aliphatic hydroxyl groups is 1. The summed E-state index contributed by atoms with van der Waals surface area (Å²) in [5.74, 6) is 0. The predicted octanol–water partition coefficient (Wildman–Crippen LogP) is 3.81. The van der Waals surface area contributed by atoms with E-state index in [0.717, 1.165) is 36.8 Å². The van der Waals surface area contributed by atoms with Crippen LogP contribution in [0.5, 0.6) is 0 Å². The number of ether oxygens (including phenoxy) is 1. The zero-order valence-electron chi connectivity index (χ0n) is 13.1. The molecular weight excluding hydrogens is 278 g/mol. The largest absolute Gasteiger partial charge is 0.443 e. The average Bonchev–Trinajstić information content (AvgIpc) is 2.54. The minimum absolute atomic E-state index is 0.200. The van der Waals surface area contributed by atoms with Gasteiger partial charge in [-0.3, -0.25) is 0 Å². The van der Waals surface area contributed by atoms with Gasteiger partial charge in [-0.2, -0.15) is 0 Å². The number of amides is 1. The van der Waals surface area contributed by atoms with Crippen molar-refractivity contribution < 1.29 is 14.6 Å². The van der Waals surface area contributed by atoms with E-state index in [-0.39, 0.29) is 6.04 Å². The van der Waals surface area contributed by atoms with Gasteiger partial charge >= 0.3 is 6.09 Å². The lowest BCUT2D eigenvalue weighted by Gasteiger charge is -2.25. The number of aliphatic hydroxyl groups excluding tert-OH is 1. The van der Waals surface area contributed by atoms with Crippen molar-refractivity contribution in [1.29, 1.82) is 0 Å². The normalized spacial score (nSPS) is 18.3. The quantitative estimate of drug-likeness (QED) is 0.869. The fourth-order valence-electron chi connectivity index (χ4n) is 2.90. The molecule has 4 nitrogen and oxygen atoms in total. The molecule has 4 heteroatoms. The summed E-state index contributed by atoms with van der Waals surface area (Å²) in [5.41, 5.74) is 1.56. The first-order chi connectivity index (χ1) is 10.6. The summed E-state index contributed by atoms with van der Waals surface area (Å²) in [6, 6.07) is 7.63. The molecule has 0 saturated heterocycles. The second kappa shape index (κ2) is 7.99. The van der Waals surface area contributed by atoms with Crippen molar-refractivity contribution >= 4 is 12.2 Å². The van der Waals surface area contributed by atoms with E-state index in [1.54, 1.807) is 13.0 Å². The molecule has 1 aliphatic carbocycles. The summed E-state index contributed by atoms with van der Waals surface area (Å²) in [7, 11) is 0. The van der Waals surface area contributed by atoms with Gasteiger partial charge in [0.15, 0.2) is 0 Å². The van der Waals surface area contributed by atoms with Crippen LogP contribution in [0.2, 0.25) is 0 Å². The number of carbonyl (C=O) groups is 1. The van der Waals surface area contributed by atoms with Crippen LogP contribution in [-0.4, -0.2) is 23.3 Å². The highest BCUT2D eigenvalue weighted by atomic mass is 16.6. The van der Waals surface area contributed by atoms with E-state index < -0.39 is 18.3 Å². The van der Waals surface area contributed by atoms with Crippen molar-refractivity contribution in [2.45, 2.75) is 57.3 Å². The van der Waals surface area contributed by atoms with E-state index >= 15 is 0 Å². The van der Waals surface area contributed by atoms with Gasteiger partial charge in [-0.1, -0.05) is 56.2 Å². The predicted molar refractivity (Wildman–Crippen MR) is 87.4 cm³/mol. The number of benzene rings is 1. The highest BCUT2D eigenvalue weighted by Crippen LogP contribution is 2.24. The third-order valence-electron chi connectivity index (χ3n) is 4.20. The summed E-state index contributed by atoms with van der Waals surface area (Å²) in [6.07, 6.45) is 5.29. The van der Waals surface area contributed by atoms with Crippen molar-refractivity contribution in [1.82, 2.24) is 5.32 Å². The van der Waals surface area contributed by atoms with Crippen LogP contribution in [0.3, 0.4) is 0 Å². The van der Waals surface area contributed by atoms with Gasteiger partial charge < -0.3 is 15.2 Å². The highest BCUT2D eigenvalue weighted by molar-refractivity contribution is 5.68. The minimum Gasteiger partial charge on any atom is -0.443 e. The molecule has 0 spiro atoms. The Bertz CT molecular complexity index is 509. The SMILES string of the molecule is C=Cc1ccccc1[C@H](O)[C@H](C)OC(=O)NC1CCCCC1. The summed E-state index contributed by atoms with van der Waals surface area (Å²) in [5, 5.41) is 13.3. The zero-order valence-corrected chi connectivity index (χ0v) is 13.1. The lowest BCUT2D eigenvalue weighted by Crippen LogP contribution is -2.39. The third kappa shape index (κ3) is 4.34. The lowest BCUT2D eigenvalue weighted by atomic mass is 9.96. The Hall–Kier alpha value is -1.81. The third-order valence-corrected chi connectivity index (χ3v) is 4.20. The maximum absolute atomic E-state index is 11.9. The number of carbonyl (C=O) groups excluding carboxylic acids is 1. The molecule has 1 amide bonds. The molecule has 1 fully saturated rings. The van der Waals surface area contributed by atoms with E-state index in [1.807, 2.05) is 24.3 Å². The molecule has 2 rings (SSSR count). The number of nitrogens with one attached hydrogen (secondary N) is 1. The maximum atomic E-state index is 11.9. The molecule has 0 bridgehead atoms. The zero-order chi connectivity index (χ0) is 15.9. The first-order valence-electron chi connectivity index (χ1n) is 7.98. The summed E-state index contributed by atoms with van der Waals surface area (Å²) in [4.78, 5) is 11.9. The van der Waals surface area contributed by atoms with Gasteiger partial charge in [0.1, 0.15) is 12.2 Å². The van der Waals surface area contributed by atoms with E-state index in [4.69, 9.17) is 4.74 Å². The lowest BCUT2D eigenvalue weighted by molar-refractivity contribution is 0.0102. The van der Waals surface area contributed by atoms with Crippen LogP contribution in [0, 0.1) is 0 Å². The Labute approximate surface area is 132 Å². The maximum Gasteiger partial charge on any atom is 0.407 e. The number of hydrogen-bond donors (Lipinski definition) is 2. The first-order valence-corrected chi connectivity index (χ1v) is 7.98. The molecule has 0 aliphatic heterocycles. The van der Waals surface area contributed by atoms with Crippen LogP contribution in [0.4, 0.5) is 4.79 Å². The Kier molecular flexibility index (Phi) is 6.01. The first kappa shape index (κ1) is 16.6. The van der Waals surface area contributed by atoms with Crippen molar-refractivity contribution in [3.8, 4) is 0 Å². The Morgan fingerprint density at radius 1 is 1.36 bits per heavy atom. The molecule has 0 unspecified atom stereocenters. The van der Waals surface area contributed by atoms with Crippen molar-refractivity contribution in [2.75, 3.05) is 0 Å². The minimum atomic E-state index is -0.869. The van der Waals surface area contributed by atoms with Crippen molar-refractivity contribution in [3.63, 3.8) is 0 Å². The number of hydrogen-bond acceptors (Lipinski definition) is 3. The van der Waals surface area contributed by atoms with Crippen LogP contribution in [-0.2, 0) is 4.74 Å². The topological polar surface area (TPSA) is 58.6 Å². The van der Waals surface area contributed by atoms with Crippen LogP contribution >= 0.6 is 0 Å². The standard InChI is InChI=1S/C18H25NO3/c1-3-14-9-7-8-12-16(14)17(20)13(2)22-18(21)19-15-10-5-4-6-11-15/h3,7-9,12-13,15,17,20H,1,4-6,10-11H2,2H3,(H,19,21)/t13-,17+/m0/s1. The second-order valence-corrected chi connectivity index (χ2v) is 5.87. The molecule has 2 N–H and O–H groups in total. The summed E-state index contributed by atoms with van der Waals surface area (Å²) >= 11 is 0. The molecule has 1 aromatic carbocycles. The second-order valence-electron chi connectivity index (χ2n) is 5.87. The molecule has 0 radical (unpaired) electrons. The molecule has 1 saturated carbocycles. The summed E-state index contributed by atoms with van der Waals surface area (Å²) < 4.78 is 5.33. The van der Waals surface area contributed by atoms with Gasteiger partial charge in [-0.15, -0.1) is 0 Å². The van der Waals surface area contributed by atoms with Crippen LogP contribution in [0.1, 0.15) is 56.3 Å². The number of alkyl carbamates (subject to hydrolysis) is 1. The fourth-order valence-corrected chi connectivity index (χ4v) is 2.90. The van der Waals surface area contributed by atoms with Crippen molar-refractivity contribution in [2.24, 2.45) is 0 Å². The van der Waals surface area contributed by atoms with Gasteiger partial charge in [0.05, 0.1) is 0 Å². The van der Waals surface area contributed by atoms with Gasteiger partial charge in [0.25, 0.3) is 0 Å². The molecular formula is C18H25NO3. The van der Waals surface area contributed by atoms with Gasteiger partial charge in [0.2, 0.25) is 0 Å². The average molecular weight is 303 g/mol. The smallest absolute Gasteiger partial charge is 0.407 e. The highest BCUT2D eigenvalue weighted by Gasteiger charge is 2.23. The van der Waals surface area contributed by atoms with Gasteiger partial charge in [-0.05, 0) is 30.9 Å².